The molecule has 0 aliphatic carbocycles. The van der Waals surface area contributed by atoms with Crippen molar-refractivity contribution in [3.8, 4) is 0 Å². The van der Waals surface area contributed by atoms with Crippen LogP contribution in [0, 0.1) is 0 Å². The summed E-state index contributed by atoms with van der Waals surface area (Å²) in [6.45, 7) is 8.90. The van der Waals surface area contributed by atoms with Crippen molar-refractivity contribution in [3.05, 3.63) is 54.3 Å². The van der Waals surface area contributed by atoms with Crippen LogP contribution in [0.25, 0.3) is 0 Å². The van der Waals surface area contributed by atoms with Gasteiger partial charge in [-0.05, 0) is 38.0 Å². The van der Waals surface area contributed by atoms with E-state index in [1.807, 2.05) is 31.2 Å². The van der Waals surface area contributed by atoms with Crippen LogP contribution in [0.5, 0.6) is 0 Å². The van der Waals surface area contributed by atoms with Gasteiger partial charge in [0.1, 0.15) is 5.82 Å². The van der Waals surface area contributed by atoms with E-state index in [1.165, 1.54) is 0 Å². The van der Waals surface area contributed by atoms with Crippen LogP contribution in [0.3, 0.4) is 0 Å². The van der Waals surface area contributed by atoms with Gasteiger partial charge >= 0.3 is 0 Å². The molecular weight excluding hydrogens is 316 g/mol. The highest BCUT2D eigenvalue weighted by molar-refractivity contribution is 5.97. The molecule has 0 amide bonds. The highest BCUT2D eigenvalue weighted by Crippen LogP contribution is 2.14. The number of hydrogen-bond donors (Lipinski definition) is 2. The lowest BCUT2D eigenvalue weighted by molar-refractivity contribution is 0.190. The predicted molar refractivity (Wildman–Crippen MR) is 98.4 cm³/mol. The topological polar surface area (TPSA) is 67.8 Å². The predicted octanol–water partition coefficient (Wildman–Crippen LogP) is 2.00. The molecule has 0 bridgehead atoms. The Hall–Kier alpha value is -2.18. The molecule has 0 radical (unpaired) electrons. The summed E-state index contributed by atoms with van der Waals surface area (Å²) < 4.78 is 10.9. The van der Waals surface area contributed by atoms with Crippen LogP contribution >= 0.6 is 0 Å². The van der Waals surface area contributed by atoms with Gasteiger partial charge in [-0.1, -0.05) is 12.6 Å². The number of allylic oxidation sites excluding steroid dienone is 1. The molecule has 2 aliphatic rings. The standard InChI is InChI=1S/C19H26N4O2/c1-3-17(22-15-7-10-24-12-15)19(23-16-8-11-25-13-16)21-14(2)18-6-4-5-9-20-18/h3-6,9,15-16,22-23H,1,7-8,10-13H2,2H3/b19-17-,21-14+. The van der Waals surface area contributed by atoms with Gasteiger partial charge in [-0.3, -0.25) is 4.98 Å². The van der Waals surface area contributed by atoms with E-state index < -0.39 is 0 Å². The molecule has 2 saturated heterocycles. The number of pyridine rings is 1. The fraction of sp³-hybridized carbons (Fsp3) is 0.474. The maximum Gasteiger partial charge on any atom is 0.150 e. The first kappa shape index (κ1) is 17.6. The zero-order valence-electron chi connectivity index (χ0n) is 14.7. The molecule has 25 heavy (non-hydrogen) atoms. The van der Waals surface area contributed by atoms with Gasteiger partial charge in [-0.2, -0.15) is 0 Å². The normalized spacial score (nSPS) is 24.8. The lowest BCUT2D eigenvalue weighted by Gasteiger charge is -2.20. The van der Waals surface area contributed by atoms with Gasteiger partial charge in [0, 0.05) is 19.4 Å². The van der Waals surface area contributed by atoms with Crippen molar-refractivity contribution in [1.29, 1.82) is 0 Å². The Morgan fingerprint density at radius 2 is 1.92 bits per heavy atom. The number of nitrogens with one attached hydrogen (secondary N) is 2. The second kappa shape index (κ2) is 8.78. The summed E-state index contributed by atoms with van der Waals surface area (Å²) in [5.74, 6) is 0.778. The Bertz CT molecular complexity index is 630. The number of aliphatic imine (C=N–C) groups is 1. The third-order valence-electron chi connectivity index (χ3n) is 4.33. The van der Waals surface area contributed by atoms with Crippen molar-refractivity contribution in [1.82, 2.24) is 15.6 Å². The van der Waals surface area contributed by atoms with Crippen LogP contribution in [0.1, 0.15) is 25.5 Å². The van der Waals surface area contributed by atoms with Gasteiger partial charge in [-0.25, -0.2) is 4.99 Å². The highest BCUT2D eigenvalue weighted by atomic mass is 16.5. The maximum absolute atomic E-state index is 5.48. The molecule has 2 unspecified atom stereocenters. The molecule has 2 aliphatic heterocycles. The molecule has 134 valence electrons. The summed E-state index contributed by atoms with van der Waals surface area (Å²) in [7, 11) is 0. The van der Waals surface area contributed by atoms with E-state index in [2.05, 4.69) is 22.2 Å². The van der Waals surface area contributed by atoms with Crippen molar-refractivity contribution < 1.29 is 9.47 Å². The summed E-state index contributed by atoms with van der Waals surface area (Å²) in [6, 6.07) is 6.37. The van der Waals surface area contributed by atoms with Gasteiger partial charge in [0.2, 0.25) is 0 Å². The third-order valence-corrected chi connectivity index (χ3v) is 4.33. The Balaban J connectivity index is 1.86. The van der Waals surface area contributed by atoms with Crippen LogP contribution in [-0.2, 0) is 9.47 Å². The molecular formula is C19H26N4O2. The van der Waals surface area contributed by atoms with E-state index in [9.17, 15) is 0 Å². The minimum Gasteiger partial charge on any atom is -0.379 e. The highest BCUT2D eigenvalue weighted by Gasteiger charge is 2.20. The van der Waals surface area contributed by atoms with Crippen LogP contribution < -0.4 is 10.6 Å². The monoisotopic (exact) mass is 342 g/mol. The number of rotatable bonds is 7. The number of ether oxygens (including phenoxy) is 2. The van der Waals surface area contributed by atoms with E-state index in [4.69, 9.17) is 14.5 Å². The number of hydrogen-bond acceptors (Lipinski definition) is 6. The van der Waals surface area contributed by atoms with Crippen LogP contribution in [-0.4, -0.2) is 49.2 Å². The lowest BCUT2D eigenvalue weighted by atomic mass is 10.2. The molecule has 1 aromatic rings. The number of nitrogens with zero attached hydrogens (tertiary/aromatic N) is 2. The zero-order valence-corrected chi connectivity index (χ0v) is 14.7. The van der Waals surface area contributed by atoms with E-state index in [0.717, 1.165) is 49.0 Å². The molecule has 0 spiro atoms. The smallest absolute Gasteiger partial charge is 0.150 e. The van der Waals surface area contributed by atoms with E-state index >= 15 is 0 Å². The fourth-order valence-corrected chi connectivity index (χ4v) is 2.91. The van der Waals surface area contributed by atoms with Crippen molar-refractivity contribution in [2.75, 3.05) is 26.4 Å². The minimum atomic E-state index is 0.256. The Morgan fingerprint density at radius 3 is 2.48 bits per heavy atom. The minimum absolute atomic E-state index is 0.256. The van der Waals surface area contributed by atoms with Crippen molar-refractivity contribution in [2.24, 2.45) is 4.99 Å². The summed E-state index contributed by atoms with van der Waals surface area (Å²) in [5, 5.41) is 7.01. The molecule has 0 saturated carbocycles. The Labute approximate surface area is 149 Å². The molecule has 0 aromatic carbocycles. The zero-order chi connectivity index (χ0) is 17.5. The first-order valence-electron chi connectivity index (χ1n) is 8.78. The van der Waals surface area contributed by atoms with Crippen LogP contribution in [0.15, 0.2) is 53.6 Å². The molecule has 3 rings (SSSR count). The molecule has 2 atom stereocenters. The average Bonchev–Trinajstić information content (AvgIpc) is 3.34. The summed E-state index contributed by atoms with van der Waals surface area (Å²) in [6.07, 6.45) is 5.54. The molecule has 2 fully saturated rings. The Morgan fingerprint density at radius 1 is 1.20 bits per heavy atom. The fourth-order valence-electron chi connectivity index (χ4n) is 2.91. The van der Waals surface area contributed by atoms with Crippen LogP contribution in [0.4, 0.5) is 0 Å². The molecule has 3 heterocycles. The van der Waals surface area contributed by atoms with Gasteiger partial charge < -0.3 is 20.1 Å². The largest absolute Gasteiger partial charge is 0.379 e. The summed E-state index contributed by atoms with van der Waals surface area (Å²) in [5.41, 5.74) is 2.60. The maximum atomic E-state index is 5.48. The quantitative estimate of drug-likeness (QED) is 0.586. The van der Waals surface area contributed by atoms with E-state index in [1.54, 1.807) is 6.20 Å². The Kier molecular flexibility index (Phi) is 6.19. The van der Waals surface area contributed by atoms with Crippen LogP contribution in [0.2, 0.25) is 0 Å². The molecule has 6 heteroatoms. The van der Waals surface area contributed by atoms with E-state index in [-0.39, 0.29) is 12.1 Å². The van der Waals surface area contributed by atoms with Gasteiger partial charge in [-0.15, -0.1) is 0 Å². The average molecular weight is 342 g/mol. The first-order valence-corrected chi connectivity index (χ1v) is 8.78. The number of aromatic nitrogens is 1. The van der Waals surface area contributed by atoms with Crippen molar-refractivity contribution >= 4 is 5.71 Å². The second-order valence-corrected chi connectivity index (χ2v) is 6.29. The van der Waals surface area contributed by atoms with Gasteiger partial charge in [0.25, 0.3) is 0 Å². The lowest BCUT2D eigenvalue weighted by Crippen LogP contribution is -2.34. The van der Waals surface area contributed by atoms with Crippen molar-refractivity contribution in [2.45, 2.75) is 31.8 Å². The summed E-state index contributed by atoms with van der Waals surface area (Å²) in [4.78, 5) is 9.20. The SMILES string of the molecule is C=C/C(NC1CCOC1)=C(\N=C(/C)c1ccccn1)NC1CCOC1. The van der Waals surface area contributed by atoms with Gasteiger partial charge in [0.05, 0.1) is 42.4 Å². The first-order chi connectivity index (χ1) is 12.3. The second-order valence-electron chi connectivity index (χ2n) is 6.29. The van der Waals surface area contributed by atoms with Crippen molar-refractivity contribution in [3.63, 3.8) is 0 Å². The summed E-state index contributed by atoms with van der Waals surface area (Å²) >= 11 is 0. The molecule has 1 aromatic heterocycles. The molecule has 6 nitrogen and oxygen atoms in total. The van der Waals surface area contributed by atoms with Gasteiger partial charge in [0.15, 0.2) is 0 Å². The third kappa shape index (κ3) is 4.90. The van der Waals surface area contributed by atoms with E-state index in [0.29, 0.717) is 13.2 Å². The molecule has 2 N–H and O–H groups in total.